The average Bonchev–Trinajstić information content (AvgIpc) is 2.16. The van der Waals surface area contributed by atoms with E-state index in [2.05, 4.69) is 0 Å². The summed E-state index contributed by atoms with van der Waals surface area (Å²) in [5, 5.41) is 29.4. The van der Waals surface area contributed by atoms with E-state index in [4.69, 9.17) is 5.11 Å². The van der Waals surface area contributed by atoms with Gasteiger partial charge in [0.1, 0.15) is 0 Å². The van der Waals surface area contributed by atoms with Crippen LogP contribution < -0.4 is 10.2 Å². The molecule has 0 saturated carbocycles. The summed E-state index contributed by atoms with van der Waals surface area (Å²) in [6.45, 7) is 0. The molecule has 15 heavy (non-hydrogen) atoms. The van der Waals surface area contributed by atoms with Gasteiger partial charge in [-0.3, -0.25) is 0 Å². The van der Waals surface area contributed by atoms with Gasteiger partial charge in [-0.2, -0.15) is 0 Å². The molecule has 0 aliphatic carbocycles. The van der Waals surface area contributed by atoms with Crippen LogP contribution in [0.25, 0.3) is 0 Å². The highest BCUT2D eigenvalue weighted by molar-refractivity contribution is 5.97. The van der Waals surface area contributed by atoms with Crippen LogP contribution in [0, 0.1) is 0 Å². The van der Waals surface area contributed by atoms with Crippen molar-refractivity contribution in [2.24, 2.45) is 0 Å². The summed E-state index contributed by atoms with van der Waals surface area (Å²) in [6, 6.07) is 2.39. The van der Waals surface area contributed by atoms with E-state index < -0.39 is 34.6 Å². The van der Waals surface area contributed by atoms with Crippen molar-refractivity contribution in [1.29, 1.82) is 0 Å². The largest absolute Gasteiger partial charge is 0.545 e. The Hall–Kier alpha value is -2.37. The fourth-order valence-electron chi connectivity index (χ4n) is 0.987. The number of carboxylic acid groups (broad SMARTS) is 3. The van der Waals surface area contributed by atoms with Gasteiger partial charge >= 0.3 is 5.97 Å². The number of carboxylic acids is 3. The molecule has 0 heterocycles. The van der Waals surface area contributed by atoms with Gasteiger partial charge in [0.15, 0.2) is 0 Å². The summed E-state index contributed by atoms with van der Waals surface area (Å²) < 4.78 is 0. The number of benzene rings is 1. The molecule has 78 valence electrons. The highest BCUT2D eigenvalue weighted by Crippen LogP contribution is 2.09. The maximum Gasteiger partial charge on any atom is 0.335 e. The number of hydrogen-bond acceptors (Lipinski definition) is 5. The second kappa shape index (κ2) is 3.79. The van der Waals surface area contributed by atoms with Gasteiger partial charge in [-0.25, -0.2) is 4.79 Å². The summed E-state index contributed by atoms with van der Waals surface area (Å²) in [5.41, 5.74) is -1.49. The van der Waals surface area contributed by atoms with Crippen molar-refractivity contribution in [1.82, 2.24) is 0 Å². The zero-order valence-electron chi connectivity index (χ0n) is 7.22. The Balaban J connectivity index is 3.39. The predicted octanol–water partition coefficient (Wildman–Crippen LogP) is -1.89. The summed E-state index contributed by atoms with van der Waals surface area (Å²) in [6.07, 6.45) is 0. The fourth-order valence-corrected chi connectivity index (χ4v) is 0.987. The highest BCUT2D eigenvalue weighted by atomic mass is 16.4. The Bertz CT molecular complexity index is 369. The van der Waals surface area contributed by atoms with E-state index in [0.29, 0.717) is 0 Å². The van der Waals surface area contributed by atoms with Crippen LogP contribution in [0.2, 0.25) is 0 Å². The second-order valence-electron chi connectivity index (χ2n) is 2.68. The second-order valence-corrected chi connectivity index (χ2v) is 2.68. The van der Waals surface area contributed by atoms with Crippen molar-refractivity contribution in [2.75, 3.05) is 0 Å². The van der Waals surface area contributed by atoms with E-state index in [0.717, 1.165) is 18.2 Å². The van der Waals surface area contributed by atoms with Crippen LogP contribution in [-0.2, 0) is 0 Å². The number of carbonyl (C=O) groups excluding carboxylic acids is 2. The standard InChI is InChI=1S/C9H6O6/c10-7(11)4-1-5(8(12)13)3-6(2-4)9(14)15/h1-3H,(H,10,11)(H,12,13)(H,14,15)/p-2. The molecule has 0 bridgehead atoms. The topological polar surface area (TPSA) is 118 Å². The first kappa shape index (κ1) is 10.7. The van der Waals surface area contributed by atoms with Gasteiger partial charge in [-0.15, -0.1) is 0 Å². The number of hydrogen-bond donors (Lipinski definition) is 1. The molecule has 0 radical (unpaired) electrons. The zero-order chi connectivity index (χ0) is 11.6. The third-order valence-electron chi connectivity index (χ3n) is 1.65. The van der Waals surface area contributed by atoms with E-state index in [1.54, 1.807) is 0 Å². The summed E-state index contributed by atoms with van der Waals surface area (Å²) in [7, 11) is 0. The molecule has 6 nitrogen and oxygen atoms in total. The Kier molecular flexibility index (Phi) is 2.70. The van der Waals surface area contributed by atoms with Crippen molar-refractivity contribution in [3.05, 3.63) is 34.9 Å². The van der Waals surface area contributed by atoms with Gasteiger partial charge in [-0.1, -0.05) is 0 Å². The summed E-state index contributed by atoms with van der Waals surface area (Å²) in [4.78, 5) is 31.4. The van der Waals surface area contributed by atoms with Crippen molar-refractivity contribution in [3.8, 4) is 0 Å². The van der Waals surface area contributed by atoms with Crippen LogP contribution in [0.3, 0.4) is 0 Å². The Labute approximate surface area is 83.4 Å². The lowest BCUT2D eigenvalue weighted by Crippen LogP contribution is -2.26. The molecule has 0 amide bonds. The summed E-state index contributed by atoms with van der Waals surface area (Å²) in [5.74, 6) is -4.73. The van der Waals surface area contributed by atoms with E-state index in [9.17, 15) is 24.6 Å². The zero-order valence-corrected chi connectivity index (χ0v) is 7.22. The molecule has 1 aromatic rings. The molecular weight excluding hydrogens is 204 g/mol. The molecule has 0 saturated heterocycles. The monoisotopic (exact) mass is 208 g/mol. The number of aromatic carboxylic acids is 3. The maximum absolute atomic E-state index is 10.5. The molecule has 0 unspecified atom stereocenters. The quantitative estimate of drug-likeness (QED) is 0.620. The molecule has 0 fully saturated rings. The molecule has 0 aromatic heterocycles. The first-order chi connectivity index (χ1) is 6.91. The normalized spacial score (nSPS) is 9.60. The lowest BCUT2D eigenvalue weighted by molar-refractivity contribution is -0.255. The Morgan fingerprint density at radius 2 is 1.20 bits per heavy atom. The van der Waals surface area contributed by atoms with Crippen LogP contribution in [0.15, 0.2) is 18.2 Å². The van der Waals surface area contributed by atoms with Crippen molar-refractivity contribution in [2.45, 2.75) is 0 Å². The summed E-state index contributed by atoms with van der Waals surface area (Å²) >= 11 is 0. The van der Waals surface area contributed by atoms with Gasteiger partial charge in [-0.05, 0) is 29.3 Å². The minimum Gasteiger partial charge on any atom is -0.545 e. The molecule has 6 heteroatoms. The van der Waals surface area contributed by atoms with Crippen LogP contribution in [0.1, 0.15) is 31.1 Å². The SMILES string of the molecule is O=C([O-])c1cc(C(=O)[O-])cc(C(=O)O)c1. The third-order valence-corrected chi connectivity index (χ3v) is 1.65. The fraction of sp³-hybridized carbons (Fsp3) is 0. The van der Waals surface area contributed by atoms with Gasteiger partial charge in [0, 0.05) is 0 Å². The van der Waals surface area contributed by atoms with Gasteiger partial charge in [0.05, 0.1) is 17.5 Å². The predicted molar refractivity (Wildman–Crippen MR) is 42.1 cm³/mol. The molecule has 1 N–H and O–H groups in total. The van der Waals surface area contributed by atoms with E-state index in [1.165, 1.54) is 0 Å². The van der Waals surface area contributed by atoms with Crippen LogP contribution in [0.5, 0.6) is 0 Å². The molecule has 1 aromatic carbocycles. The Morgan fingerprint density at radius 3 is 1.47 bits per heavy atom. The maximum atomic E-state index is 10.5. The minimum absolute atomic E-state index is 0.448. The Morgan fingerprint density at radius 1 is 0.867 bits per heavy atom. The van der Waals surface area contributed by atoms with Crippen LogP contribution >= 0.6 is 0 Å². The molecule has 0 aliphatic heterocycles. The third kappa shape index (κ3) is 2.31. The average molecular weight is 208 g/mol. The van der Waals surface area contributed by atoms with Crippen LogP contribution in [0.4, 0.5) is 0 Å². The van der Waals surface area contributed by atoms with E-state index in [1.807, 2.05) is 0 Å². The molecule has 0 spiro atoms. The smallest absolute Gasteiger partial charge is 0.335 e. The van der Waals surface area contributed by atoms with Gasteiger partial charge in [0.25, 0.3) is 0 Å². The molecule has 0 atom stereocenters. The number of rotatable bonds is 3. The highest BCUT2D eigenvalue weighted by Gasteiger charge is 2.08. The van der Waals surface area contributed by atoms with Gasteiger partial charge in [0.2, 0.25) is 0 Å². The number of carbonyl (C=O) groups is 3. The first-order valence-corrected chi connectivity index (χ1v) is 3.73. The van der Waals surface area contributed by atoms with Crippen molar-refractivity contribution < 1.29 is 29.7 Å². The van der Waals surface area contributed by atoms with E-state index >= 15 is 0 Å². The minimum atomic E-state index is -1.65. The van der Waals surface area contributed by atoms with Crippen molar-refractivity contribution >= 4 is 17.9 Å². The first-order valence-electron chi connectivity index (χ1n) is 3.73. The van der Waals surface area contributed by atoms with Crippen molar-refractivity contribution in [3.63, 3.8) is 0 Å². The molecule has 1 rings (SSSR count). The lowest BCUT2D eigenvalue weighted by Gasteiger charge is -2.08. The van der Waals surface area contributed by atoms with Gasteiger partial charge < -0.3 is 24.9 Å². The van der Waals surface area contributed by atoms with E-state index in [-0.39, 0.29) is 0 Å². The van der Waals surface area contributed by atoms with Crippen LogP contribution in [-0.4, -0.2) is 23.0 Å². The molecule has 0 aliphatic rings. The lowest BCUT2D eigenvalue weighted by atomic mass is 10.1. The molecular formula is C9H4O6-2.